The number of hydrogen-bond donors (Lipinski definition) is 1. The quantitative estimate of drug-likeness (QED) is 0.430. The molecule has 1 N–H and O–H groups in total. The molecule has 4 aromatic rings. The van der Waals surface area contributed by atoms with Gasteiger partial charge in [0.05, 0.1) is 42.6 Å². The van der Waals surface area contributed by atoms with Gasteiger partial charge in [-0.2, -0.15) is 0 Å². The summed E-state index contributed by atoms with van der Waals surface area (Å²) in [4.78, 5) is 18.5. The molecule has 36 heavy (non-hydrogen) atoms. The van der Waals surface area contributed by atoms with Crippen LogP contribution < -0.4 is 14.5 Å². The van der Waals surface area contributed by atoms with Gasteiger partial charge >= 0.3 is 0 Å². The molecular weight excluding hydrogens is 450 g/mol. The molecule has 186 valence electrons. The summed E-state index contributed by atoms with van der Waals surface area (Å²) in [6, 6.07) is 15.0. The molecule has 0 aliphatic carbocycles. The van der Waals surface area contributed by atoms with Gasteiger partial charge in [0.25, 0.3) is 0 Å². The molecule has 0 radical (unpaired) electrons. The highest BCUT2D eigenvalue weighted by molar-refractivity contribution is 5.99. The Bertz CT molecular complexity index is 1360. The van der Waals surface area contributed by atoms with Gasteiger partial charge in [0.2, 0.25) is 0 Å². The van der Waals surface area contributed by atoms with Gasteiger partial charge < -0.3 is 19.6 Å². The summed E-state index contributed by atoms with van der Waals surface area (Å²) in [5, 5.41) is 11.2. The number of rotatable bonds is 5. The van der Waals surface area contributed by atoms with Crippen molar-refractivity contribution in [1.82, 2.24) is 15.0 Å². The van der Waals surface area contributed by atoms with Crippen LogP contribution in [0.3, 0.4) is 0 Å². The molecule has 1 saturated heterocycles. The number of methoxy groups -OCH3 is 1. The average Bonchev–Trinajstić information content (AvgIpc) is 2.87. The normalized spacial score (nSPS) is 16.4. The Morgan fingerprint density at radius 3 is 2.39 bits per heavy atom. The van der Waals surface area contributed by atoms with Gasteiger partial charge in [-0.15, -0.1) is 0 Å². The highest BCUT2D eigenvalue weighted by Crippen LogP contribution is 2.39. The maximum absolute atomic E-state index is 10.2. The van der Waals surface area contributed by atoms with Crippen LogP contribution in [-0.2, 0) is 5.60 Å². The van der Waals surface area contributed by atoms with Crippen molar-refractivity contribution in [3.63, 3.8) is 0 Å². The van der Waals surface area contributed by atoms with Crippen molar-refractivity contribution in [2.45, 2.75) is 39.3 Å². The molecule has 1 aliphatic heterocycles. The van der Waals surface area contributed by atoms with Crippen LogP contribution in [0.5, 0.6) is 5.75 Å². The number of benzene rings is 2. The van der Waals surface area contributed by atoms with E-state index in [1.165, 1.54) is 5.56 Å². The lowest BCUT2D eigenvalue weighted by Crippen LogP contribution is -2.52. The first-order valence-corrected chi connectivity index (χ1v) is 12.4. The largest absolute Gasteiger partial charge is 0.494 e. The van der Waals surface area contributed by atoms with E-state index >= 15 is 0 Å². The Morgan fingerprint density at radius 2 is 1.75 bits per heavy atom. The molecule has 2 aromatic carbocycles. The summed E-state index contributed by atoms with van der Waals surface area (Å²) < 4.78 is 5.97. The summed E-state index contributed by atoms with van der Waals surface area (Å²) in [5.41, 5.74) is 4.98. The van der Waals surface area contributed by atoms with Crippen LogP contribution in [0.2, 0.25) is 0 Å². The van der Waals surface area contributed by atoms with Crippen molar-refractivity contribution >= 4 is 22.4 Å². The van der Waals surface area contributed by atoms with Crippen LogP contribution in [-0.4, -0.2) is 52.8 Å². The second-order valence-corrected chi connectivity index (χ2v) is 10.1. The molecule has 0 amide bonds. The number of anilines is 2. The first-order valence-electron chi connectivity index (χ1n) is 12.4. The number of aliphatic hydroxyl groups is 1. The molecule has 7 nitrogen and oxygen atoms in total. The predicted molar refractivity (Wildman–Crippen MR) is 145 cm³/mol. The van der Waals surface area contributed by atoms with Gasteiger partial charge in [-0.1, -0.05) is 42.0 Å². The zero-order chi connectivity index (χ0) is 25.4. The second kappa shape index (κ2) is 9.39. The standard InChI is InChI=1S/C29H33N5O2/c1-19-9-11-21(12-10-19)22-7-6-8-23-27(22)32-15-24(28(23)36-5)33-13-14-34(20(2)18-33)26-17-30-25(16-31-26)29(3,4)35/h6-12,15-17,20,35H,13-14,18H2,1-5H3. The average molecular weight is 484 g/mol. The minimum Gasteiger partial charge on any atom is -0.494 e. The number of pyridine rings is 1. The SMILES string of the molecule is COc1c(N2CCN(c3cnc(C(C)(C)O)cn3)C(C)C2)cnc2c(-c3ccc(C)cc3)cccc12. The number of para-hydroxylation sites is 1. The fourth-order valence-electron chi connectivity index (χ4n) is 4.90. The van der Waals surface area contributed by atoms with Gasteiger partial charge in [-0.3, -0.25) is 9.97 Å². The minimum absolute atomic E-state index is 0.209. The second-order valence-electron chi connectivity index (χ2n) is 10.1. The van der Waals surface area contributed by atoms with Crippen molar-refractivity contribution in [3.05, 3.63) is 72.3 Å². The van der Waals surface area contributed by atoms with E-state index in [0.29, 0.717) is 5.69 Å². The first-order chi connectivity index (χ1) is 17.3. The minimum atomic E-state index is -1.01. The van der Waals surface area contributed by atoms with Crippen molar-refractivity contribution < 1.29 is 9.84 Å². The number of ether oxygens (including phenoxy) is 1. The third-order valence-corrected chi connectivity index (χ3v) is 6.92. The van der Waals surface area contributed by atoms with Crippen LogP contribution in [0.1, 0.15) is 32.0 Å². The monoisotopic (exact) mass is 483 g/mol. The zero-order valence-electron chi connectivity index (χ0n) is 21.6. The molecule has 3 heterocycles. The van der Waals surface area contributed by atoms with Crippen molar-refractivity contribution in [2.24, 2.45) is 0 Å². The van der Waals surface area contributed by atoms with Crippen molar-refractivity contribution in [2.75, 3.05) is 36.5 Å². The Balaban J connectivity index is 1.42. The fourth-order valence-corrected chi connectivity index (χ4v) is 4.90. The van der Waals surface area contributed by atoms with Gasteiger partial charge in [0, 0.05) is 36.6 Å². The molecule has 7 heteroatoms. The molecule has 1 fully saturated rings. The number of piperazine rings is 1. The van der Waals surface area contributed by atoms with E-state index in [4.69, 9.17) is 9.72 Å². The summed E-state index contributed by atoms with van der Waals surface area (Å²) >= 11 is 0. The lowest BCUT2D eigenvalue weighted by Gasteiger charge is -2.41. The molecule has 5 rings (SSSR count). The van der Waals surface area contributed by atoms with Gasteiger partial charge in [-0.05, 0) is 39.3 Å². The number of fused-ring (bicyclic) bond motifs is 1. The zero-order valence-corrected chi connectivity index (χ0v) is 21.6. The van der Waals surface area contributed by atoms with E-state index < -0.39 is 5.60 Å². The first kappa shape index (κ1) is 24.0. The summed E-state index contributed by atoms with van der Waals surface area (Å²) in [7, 11) is 1.73. The van der Waals surface area contributed by atoms with E-state index in [-0.39, 0.29) is 6.04 Å². The number of aryl methyl sites for hydroxylation is 1. The molecule has 0 saturated carbocycles. The van der Waals surface area contributed by atoms with Crippen LogP contribution in [0.25, 0.3) is 22.0 Å². The smallest absolute Gasteiger partial charge is 0.153 e. The summed E-state index contributed by atoms with van der Waals surface area (Å²) in [6.45, 7) is 10.1. The van der Waals surface area contributed by atoms with E-state index in [1.54, 1.807) is 33.4 Å². The van der Waals surface area contributed by atoms with E-state index in [1.807, 2.05) is 6.20 Å². The van der Waals surface area contributed by atoms with Crippen LogP contribution in [0.15, 0.2) is 61.1 Å². The third-order valence-electron chi connectivity index (χ3n) is 6.92. The topological polar surface area (TPSA) is 74.6 Å². The molecule has 1 unspecified atom stereocenters. The predicted octanol–water partition coefficient (Wildman–Crippen LogP) is 4.95. The van der Waals surface area contributed by atoms with Gasteiger partial charge in [0.1, 0.15) is 11.4 Å². The molecule has 0 bridgehead atoms. The van der Waals surface area contributed by atoms with Gasteiger partial charge in [-0.25, -0.2) is 4.98 Å². The maximum atomic E-state index is 10.2. The maximum Gasteiger partial charge on any atom is 0.153 e. The highest BCUT2D eigenvalue weighted by atomic mass is 16.5. The van der Waals surface area contributed by atoms with Crippen LogP contribution in [0, 0.1) is 6.92 Å². The van der Waals surface area contributed by atoms with Crippen LogP contribution >= 0.6 is 0 Å². The van der Waals surface area contributed by atoms with Crippen LogP contribution in [0.4, 0.5) is 11.5 Å². The molecule has 0 spiro atoms. The Kier molecular flexibility index (Phi) is 6.26. The number of hydrogen-bond acceptors (Lipinski definition) is 7. The Morgan fingerprint density at radius 1 is 0.972 bits per heavy atom. The summed E-state index contributed by atoms with van der Waals surface area (Å²) in [6.07, 6.45) is 5.36. The van der Waals surface area contributed by atoms with Crippen molar-refractivity contribution in [1.29, 1.82) is 0 Å². The highest BCUT2D eigenvalue weighted by Gasteiger charge is 2.28. The van der Waals surface area contributed by atoms with E-state index in [0.717, 1.165) is 58.9 Å². The lowest BCUT2D eigenvalue weighted by atomic mass is 10.00. The Hall–Kier alpha value is -3.71. The molecule has 2 aromatic heterocycles. The molecule has 1 atom stereocenters. The lowest BCUT2D eigenvalue weighted by molar-refractivity contribution is 0.0734. The third kappa shape index (κ3) is 4.46. The molecule has 1 aliphatic rings. The van der Waals surface area contributed by atoms with E-state index in [2.05, 4.69) is 76.1 Å². The van der Waals surface area contributed by atoms with Crippen molar-refractivity contribution in [3.8, 4) is 16.9 Å². The van der Waals surface area contributed by atoms with Gasteiger partial charge in [0.15, 0.2) is 5.75 Å². The summed E-state index contributed by atoms with van der Waals surface area (Å²) in [5.74, 6) is 1.67. The molecular formula is C29H33N5O2. The fraction of sp³-hybridized carbons (Fsp3) is 0.345. The van der Waals surface area contributed by atoms with E-state index in [9.17, 15) is 5.11 Å². The number of nitrogens with zero attached hydrogens (tertiary/aromatic N) is 5. The Labute approximate surface area is 212 Å². The number of aromatic nitrogens is 3.